The van der Waals surface area contributed by atoms with E-state index in [-0.39, 0.29) is 5.91 Å². The van der Waals surface area contributed by atoms with Gasteiger partial charge in [0.25, 0.3) is 5.91 Å². The summed E-state index contributed by atoms with van der Waals surface area (Å²) in [6, 6.07) is 22.6. The van der Waals surface area contributed by atoms with E-state index in [9.17, 15) is 4.79 Å². The van der Waals surface area contributed by atoms with Crippen molar-refractivity contribution in [3.05, 3.63) is 101 Å². The first-order chi connectivity index (χ1) is 15.7. The van der Waals surface area contributed by atoms with E-state index in [2.05, 4.69) is 15.0 Å². The SMILES string of the molecule is [C-]#[N+]c1ccccc1CSc1nnc2c3ccccc3n(C(=O)c3cccc(C)c3)c2n1. The van der Waals surface area contributed by atoms with Crippen LogP contribution in [0.3, 0.4) is 0 Å². The van der Waals surface area contributed by atoms with Gasteiger partial charge in [0.1, 0.15) is 5.52 Å². The number of fused-ring (bicyclic) bond motifs is 3. The number of carbonyl (C=O) groups is 1. The summed E-state index contributed by atoms with van der Waals surface area (Å²) in [7, 11) is 0. The lowest BCUT2D eigenvalue weighted by atomic mass is 10.1. The van der Waals surface area contributed by atoms with Crippen molar-refractivity contribution in [2.75, 3.05) is 0 Å². The number of aryl methyl sites for hydroxylation is 1. The summed E-state index contributed by atoms with van der Waals surface area (Å²) in [6.07, 6.45) is 0. The molecule has 0 aliphatic rings. The van der Waals surface area contributed by atoms with Crippen molar-refractivity contribution >= 4 is 45.4 Å². The third kappa shape index (κ3) is 3.51. The summed E-state index contributed by atoms with van der Waals surface area (Å²) < 4.78 is 1.62. The molecule has 5 aromatic rings. The third-order valence-corrected chi connectivity index (χ3v) is 6.08. The molecule has 0 bridgehead atoms. The van der Waals surface area contributed by atoms with Gasteiger partial charge in [-0.2, -0.15) is 0 Å². The van der Waals surface area contributed by atoms with Crippen LogP contribution in [-0.2, 0) is 5.75 Å². The van der Waals surface area contributed by atoms with Gasteiger partial charge in [0.05, 0.1) is 12.1 Å². The zero-order chi connectivity index (χ0) is 22.1. The Kier molecular flexibility index (Phi) is 5.13. The van der Waals surface area contributed by atoms with Gasteiger partial charge in [0.2, 0.25) is 5.16 Å². The second-order valence-electron chi connectivity index (χ2n) is 7.32. The summed E-state index contributed by atoms with van der Waals surface area (Å²) in [5.74, 6) is 0.382. The van der Waals surface area contributed by atoms with Crippen molar-refractivity contribution < 1.29 is 4.79 Å². The smallest absolute Gasteiger partial charge is 0.264 e. The molecule has 0 amide bonds. The van der Waals surface area contributed by atoms with Gasteiger partial charge in [0.15, 0.2) is 11.3 Å². The summed E-state index contributed by atoms with van der Waals surface area (Å²) in [5, 5.41) is 9.99. The predicted octanol–water partition coefficient (Wildman–Crippen LogP) is 5.82. The molecule has 0 unspecified atom stereocenters. The molecule has 0 fully saturated rings. The highest BCUT2D eigenvalue weighted by Crippen LogP contribution is 2.30. The summed E-state index contributed by atoms with van der Waals surface area (Å²) >= 11 is 1.39. The maximum atomic E-state index is 13.5. The number of hydrogen-bond acceptors (Lipinski definition) is 5. The van der Waals surface area contributed by atoms with Crippen LogP contribution < -0.4 is 0 Å². The molecule has 2 heterocycles. The quantitative estimate of drug-likeness (QED) is 0.263. The van der Waals surface area contributed by atoms with Crippen LogP contribution in [0.15, 0.2) is 78.0 Å². The second kappa shape index (κ2) is 8.25. The van der Waals surface area contributed by atoms with E-state index in [1.165, 1.54) is 11.8 Å². The molecule has 154 valence electrons. The molecule has 3 aromatic carbocycles. The van der Waals surface area contributed by atoms with Gasteiger partial charge in [-0.3, -0.25) is 9.36 Å². The lowest BCUT2D eigenvalue weighted by Crippen LogP contribution is -2.13. The average Bonchev–Trinajstić information content (AvgIpc) is 3.16. The van der Waals surface area contributed by atoms with Crippen molar-refractivity contribution in [1.29, 1.82) is 0 Å². The molecular formula is C25H17N5OS. The van der Waals surface area contributed by atoms with E-state index in [0.29, 0.717) is 33.3 Å². The Morgan fingerprint density at radius 2 is 1.84 bits per heavy atom. The van der Waals surface area contributed by atoms with Crippen molar-refractivity contribution in [3.63, 3.8) is 0 Å². The molecule has 0 saturated heterocycles. The predicted molar refractivity (Wildman–Crippen MR) is 126 cm³/mol. The minimum absolute atomic E-state index is 0.158. The van der Waals surface area contributed by atoms with Gasteiger partial charge in [-0.1, -0.05) is 71.9 Å². The van der Waals surface area contributed by atoms with Crippen molar-refractivity contribution in [3.8, 4) is 0 Å². The molecule has 0 N–H and O–H groups in total. The van der Waals surface area contributed by atoms with E-state index < -0.39 is 0 Å². The molecular weight excluding hydrogens is 418 g/mol. The zero-order valence-electron chi connectivity index (χ0n) is 17.2. The Balaban J connectivity index is 1.60. The Bertz CT molecular complexity index is 1530. The molecule has 7 heteroatoms. The van der Waals surface area contributed by atoms with E-state index in [4.69, 9.17) is 11.6 Å². The average molecular weight is 436 g/mol. The summed E-state index contributed by atoms with van der Waals surface area (Å²) in [5.41, 5.74) is 4.94. The topological polar surface area (TPSA) is 65.0 Å². The number of rotatable bonds is 4. The fourth-order valence-electron chi connectivity index (χ4n) is 3.67. The lowest BCUT2D eigenvalue weighted by molar-refractivity contribution is 0.0968. The number of benzene rings is 3. The van der Waals surface area contributed by atoms with Gasteiger partial charge >= 0.3 is 0 Å². The van der Waals surface area contributed by atoms with E-state index in [1.807, 2.05) is 73.7 Å². The highest BCUT2D eigenvalue weighted by atomic mass is 32.2. The van der Waals surface area contributed by atoms with Crippen molar-refractivity contribution in [1.82, 2.24) is 19.7 Å². The second-order valence-corrected chi connectivity index (χ2v) is 8.27. The van der Waals surface area contributed by atoms with Gasteiger partial charge in [-0.25, -0.2) is 9.83 Å². The summed E-state index contributed by atoms with van der Waals surface area (Å²) in [6.45, 7) is 9.30. The van der Waals surface area contributed by atoms with Crippen LogP contribution >= 0.6 is 11.8 Å². The van der Waals surface area contributed by atoms with Crippen LogP contribution in [0.5, 0.6) is 0 Å². The Labute approximate surface area is 188 Å². The Morgan fingerprint density at radius 1 is 1.03 bits per heavy atom. The monoisotopic (exact) mass is 435 g/mol. The number of thioether (sulfide) groups is 1. The molecule has 2 aromatic heterocycles. The molecule has 5 rings (SSSR count). The van der Waals surface area contributed by atoms with Crippen molar-refractivity contribution in [2.24, 2.45) is 0 Å². The standard InChI is InChI=1S/C25H17N5OS/c1-16-8-7-10-17(14-16)24(31)30-21-13-6-4-11-19(21)22-23(30)27-25(29-28-22)32-15-18-9-3-5-12-20(18)26-2/h3-14H,15H2,1H3. The highest BCUT2D eigenvalue weighted by molar-refractivity contribution is 7.98. The molecule has 0 saturated carbocycles. The maximum Gasteiger partial charge on any atom is 0.264 e. The van der Waals surface area contributed by atoms with Gasteiger partial charge in [0, 0.05) is 16.7 Å². The van der Waals surface area contributed by atoms with Crippen LogP contribution in [0.2, 0.25) is 0 Å². The maximum absolute atomic E-state index is 13.5. The van der Waals surface area contributed by atoms with Crippen LogP contribution in [0.25, 0.3) is 26.9 Å². The first kappa shape index (κ1) is 19.9. The molecule has 0 aliphatic carbocycles. The van der Waals surface area contributed by atoms with Gasteiger partial charge in [-0.15, -0.1) is 10.2 Å². The number of carbonyl (C=O) groups excluding carboxylic acids is 1. The molecule has 0 atom stereocenters. The van der Waals surface area contributed by atoms with E-state index >= 15 is 0 Å². The zero-order valence-corrected chi connectivity index (χ0v) is 18.0. The number of hydrogen-bond donors (Lipinski definition) is 0. The summed E-state index contributed by atoms with van der Waals surface area (Å²) in [4.78, 5) is 21.8. The fourth-order valence-corrected chi connectivity index (χ4v) is 4.45. The third-order valence-electron chi connectivity index (χ3n) is 5.20. The molecule has 0 aliphatic heterocycles. The minimum atomic E-state index is -0.158. The van der Waals surface area contributed by atoms with E-state index in [0.717, 1.165) is 22.0 Å². The Hall–Kier alpha value is -4.02. The molecule has 0 spiro atoms. The van der Waals surface area contributed by atoms with Crippen LogP contribution in [0.1, 0.15) is 21.5 Å². The number of nitrogens with zero attached hydrogens (tertiary/aromatic N) is 5. The van der Waals surface area contributed by atoms with Crippen LogP contribution in [0.4, 0.5) is 5.69 Å². The van der Waals surface area contributed by atoms with Gasteiger partial charge < -0.3 is 0 Å². The van der Waals surface area contributed by atoms with E-state index in [1.54, 1.807) is 10.6 Å². The van der Waals surface area contributed by atoms with Crippen LogP contribution in [-0.4, -0.2) is 25.7 Å². The first-order valence-electron chi connectivity index (χ1n) is 9.99. The first-order valence-corrected chi connectivity index (χ1v) is 11.0. The largest absolute Gasteiger partial charge is 0.268 e. The van der Waals surface area contributed by atoms with Crippen molar-refractivity contribution in [2.45, 2.75) is 17.8 Å². The minimum Gasteiger partial charge on any atom is -0.268 e. The molecule has 6 nitrogen and oxygen atoms in total. The van der Waals surface area contributed by atoms with Gasteiger partial charge in [-0.05, 0) is 30.7 Å². The fraction of sp³-hybridized carbons (Fsp3) is 0.0800. The Morgan fingerprint density at radius 3 is 2.69 bits per heavy atom. The molecule has 0 radical (unpaired) electrons. The number of aromatic nitrogens is 4. The normalized spacial score (nSPS) is 11.0. The van der Waals surface area contributed by atoms with Crippen LogP contribution in [0, 0.1) is 13.5 Å². The number of para-hydroxylation sites is 2. The highest BCUT2D eigenvalue weighted by Gasteiger charge is 2.20. The lowest BCUT2D eigenvalue weighted by Gasteiger charge is -2.07. The molecule has 32 heavy (non-hydrogen) atoms.